The normalized spacial score (nSPS) is 13.2. The van der Waals surface area contributed by atoms with Crippen molar-refractivity contribution in [2.45, 2.75) is 44.6 Å². The summed E-state index contributed by atoms with van der Waals surface area (Å²) < 4.78 is 33.8. The van der Waals surface area contributed by atoms with E-state index in [0.29, 0.717) is 17.3 Å². The number of aromatic nitrogens is 3. The molecule has 3 aromatic rings. The maximum atomic E-state index is 12.9. The third kappa shape index (κ3) is 4.45. The topological polar surface area (TPSA) is 98.0 Å². The van der Waals surface area contributed by atoms with Crippen LogP contribution in [0.5, 0.6) is 0 Å². The van der Waals surface area contributed by atoms with Crippen LogP contribution in [-0.2, 0) is 10.0 Å². The van der Waals surface area contributed by atoms with Gasteiger partial charge in [-0.05, 0) is 41.7 Å². The maximum Gasteiger partial charge on any atom is 0.245 e. The van der Waals surface area contributed by atoms with E-state index in [1.54, 1.807) is 30.6 Å². The van der Waals surface area contributed by atoms with Gasteiger partial charge in [-0.25, -0.2) is 8.42 Å². The average molecular weight is 401 g/mol. The summed E-state index contributed by atoms with van der Waals surface area (Å²) in [5.74, 6) is 0.829. The fourth-order valence-corrected chi connectivity index (χ4v) is 4.05. The summed E-state index contributed by atoms with van der Waals surface area (Å²) in [7, 11) is -3.74. The van der Waals surface area contributed by atoms with Crippen molar-refractivity contribution in [2.24, 2.45) is 5.92 Å². The summed E-state index contributed by atoms with van der Waals surface area (Å²) in [6.45, 7) is 7.91. The fourth-order valence-electron chi connectivity index (χ4n) is 2.71. The number of benzene rings is 1. The molecule has 0 aliphatic rings. The number of hydrogen-bond acceptors (Lipinski definition) is 6. The summed E-state index contributed by atoms with van der Waals surface area (Å²) >= 11 is 0. The minimum absolute atomic E-state index is 0.0908. The Morgan fingerprint density at radius 2 is 1.75 bits per heavy atom. The quantitative estimate of drug-likeness (QED) is 0.645. The molecule has 0 bridgehead atoms. The largest absolute Gasteiger partial charge is 0.337 e. The third-order valence-corrected chi connectivity index (χ3v) is 5.89. The van der Waals surface area contributed by atoms with Crippen molar-refractivity contribution in [3.8, 4) is 11.4 Å². The van der Waals surface area contributed by atoms with Gasteiger partial charge in [-0.3, -0.25) is 4.98 Å². The molecule has 0 fully saturated rings. The monoisotopic (exact) mass is 400 g/mol. The lowest BCUT2D eigenvalue weighted by Crippen LogP contribution is -2.32. The van der Waals surface area contributed by atoms with Crippen LogP contribution in [0, 0.1) is 5.92 Å². The molecule has 0 aliphatic carbocycles. The Morgan fingerprint density at radius 1 is 1.04 bits per heavy atom. The van der Waals surface area contributed by atoms with Crippen LogP contribution in [0.15, 0.2) is 58.2 Å². The lowest BCUT2D eigenvalue weighted by Gasteiger charge is -2.18. The highest BCUT2D eigenvalue weighted by atomic mass is 32.2. The van der Waals surface area contributed by atoms with Crippen LogP contribution in [0.3, 0.4) is 0 Å². The zero-order chi connectivity index (χ0) is 20.3. The van der Waals surface area contributed by atoms with Crippen LogP contribution < -0.4 is 4.72 Å². The molecule has 3 rings (SSSR count). The molecule has 7 nitrogen and oxygen atoms in total. The number of sulfonamides is 1. The van der Waals surface area contributed by atoms with Crippen LogP contribution in [0.2, 0.25) is 0 Å². The van der Waals surface area contributed by atoms with Gasteiger partial charge < -0.3 is 4.52 Å². The summed E-state index contributed by atoms with van der Waals surface area (Å²) in [5, 5.41) is 3.96. The molecule has 0 amide bonds. The van der Waals surface area contributed by atoms with E-state index in [4.69, 9.17) is 4.52 Å². The summed E-state index contributed by atoms with van der Waals surface area (Å²) in [6, 6.07) is 9.83. The first-order valence-corrected chi connectivity index (χ1v) is 10.6. The van der Waals surface area contributed by atoms with E-state index in [0.717, 1.165) is 5.56 Å². The number of pyridine rings is 1. The standard InChI is InChI=1S/C20H24N4O3S/c1-13(2)15-7-9-17(10-8-15)28(25,26)24-18(14(3)4)20-22-19(23-27-20)16-6-5-11-21-12-16/h5-14,18,24H,1-4H3. The zero-order valence-corrected chi connectivity index (χ0v) is 17.1. The predicted molar refractivity (Wildman–Crippen MR) is 106 cm³/mol. The summed E-state index contributed by atoms with van der Waals surface area (Å²) in [5.41, 5.74) is 1.78. The second-order valence-corrected chi connectivity index (χ2v) is 8.98. The van der Waals surface area contributed by atoms with Gasteiger partial charge in [-0.1, -0.05) is 45.0 Å². The highest BCUT2D eigenvalue weighted by Gasteiger charge is 2.28. The van der Waals surface area contributed by atoms with E-state index in [2.05, 4.69) is 33.7 Å². The van der Waals surface area contributed by atoms with E-state index in [1.807, 2.05) is 32.0 Å². The molecule has 0 spiro atoms. The van der Waals surface area contributed by atoms with Crippen LogP contribution in [-0.4, -0.2) is 23.5 Å². The Balaban J connectivity index is 1.86. The second kappa shape index (κ2) is 8.20. The molecule has 2 heterocycles. The van der Waals surface area contributed by atoms with Crippen LogP contribution >= 0.6 is 0 Å². The molecule has 1 N–H and O–H groups in total. The van der Waals surface area contributed by atoms with Gasteiger partial charge in [0.2, 0.25) is 21.7 Å². The molecule has 2 aromatic heterocycles. The first-order chi connectivity index (χ1) is 13.3. The molecule has 0 radical (unpaired) electrons. The lowest BCUT2D eigenvalue weighted by atomic mass is 10.0. The van der Waals surface area contributed by atoms with Crippen molar-refractivity contribution in [2.75, 3.05) is 0 Å². The van der Waals surface area contributed by atoms with Gasteiger partial charge in [0, 0.05) is 18.0 Å². The summed E-state index contributed by atoms with van der Waals surface area (Å²) in [6.07, 6.45) is 3.28. The second-order valence-electron chi connectivity index (χ2n) is 7.26. The van der Waals surface area contributed by atoms with E-state index < -0.39 is 16.1 Å². The third-order valence-electron chi connectivity index (χ3n) is 4.43. The minimum atomic E-state index is -3.74. The molecule has 0 saturated carbocycles. The molecule has 28 heavy (non-hydrogen) atoms. The Bertz CT molecular complexity index is 1010. The number of hydrogen-bond donors (Lipinski definition) is 1. The van der Waals surface area contributed by atoms with Gasteiger partial charge in [0.15, 0.2) is 0 Å². The number of nitrogens with one attached hydrogen (secondary N) is 1. The number of rotatable bonds is 7. The first-order valence-electron chi connectivity index (χ1n) is 9.14. The minimum Gasteiger partial charge on any atom is -0.337 e. The Morgan fingerprint density at radius 3 is 2.32 bits per heavy atom. The van der Waals surface area contributed by atoms with Crippen molar-refractivity contribution in [3.05, 3.63) is 60.2 Å². The highest BCUT2D eigenvalue weighted by molar-refractivity contribution is 7.89. The lowest BCUT2D eigenvalue weighted by molar-refractivity contribution is 0.311. The molecular formula is C20H24N4O3S. The van der Waals surface area contributed by atoms with E-state index in [-0.39, 0.29) is 16.7 Å². The van der Waals surface area contributed by atoms with Crippen LogP contribution in [0.1, 0.15) is 51.1 Å². The van der Waals surface area contributed by atoms with Crippen molar-refractivity contribution in [1.82, 2.24) is 19.8 Å². The van der Waals surface area contributed by atoms with Gasteiger partial charge in [0.05, 0.1) is 4.90 Å². The van der Waals surface area contributed by atoms with Crippen LogP contribution in [0.25, 0.3) is 11.4 Å². The maximum absolute atomic E-state index is 12.9. The average Bonchev–Trinajstić information content (AvgIpc) is 3.16. The van der Waals surface area contributed by atoms with Gasteiger partial charge in [0.25, 0.3) is 0 Å². The molecule has 1 atom stereocenters. The van der Waals surface area contributed by atoms with Gasteiger partial charge in [-0.2, -0.15) is 9.71 Å². The van der Waals surface area contributed by atoms with Crippen molar-refractivity contribution in [3.63, 3.8) is 0 Å². The van der Waals surface area contributed by atoms with Gasteiger partial charge in [-0.15, -0.1) is 0 Å². The SMILES string of the molecule is CC(C)c1ccc(S(=O)(=O)NC(c2nc(-c3cccnc3)no2)C(C)C)cc1. The molecular weight excluding hydrogens is 376 g/mol. The zero-order valence-electron chi connectivity index (χ0n) is 16.3. The van der Waals surface area contributed by atoms with Crippen LogP contribution in [0.4, 0.5) is 0 Å². The molecule has 1 aromatic carbocycles. The first kappa shape index (κ1) is 20.2. The Kier molecular flexibility index (Phi) is 5.90. The van der Waals surface area contributed by atoms with Gasteiger partial charge in [0.1, 0.15) is 6.04 Å². The molecule has 8 heteroatoms. The summed E-state index contributed by atoms with van der Waals surface area (Å²) in [4.78, 5) is 8.61. The van der Waals surface area contributed by atoms with E-state index in [1.165, 1.54) is 0 Å². The Hall–Kier alpha value is -2.58. The molecule has 1 unspecified atom stereocenters. The van der Waals surface area contributed by atoms with E-state index >= 15 is 0 Å². The molecule has 148 valence electrons. The molecule has 0 saturated heterocycles. The fraction of sp³-hybridized carbons (Fsp3) is 0.350. The van der Waals surface area contributed by atoms with Crippen molar-refractivity contribution >= 4 is 10.0 Å². The van der Waals surface area contributed by atoms with E-state index in [9.17, 15) is 8.42 Å². The highest BCUT2D eigenvalue weighted by Crippen LogP contribution is 2.26. The smallest absolute Gasteiger partial charge is 0.245 e. The number of nitrogens with zero attached hydrogens (tertiary/aromatic N) is 3. The van der Waals surface area contributed by atoms with Crippen molar-refractivity contribution in [1.29, 1.82) is 0 Å². The van der Waals surface area contributed by atoms with Crippen molar-refractivity contribution < 1.29 is 12.9 Å². The molecule has 0 aliphatic heterocycles. The predicted octanol–water partition coefficient (Wildman–Crippen LogP) is 3.93. The Labute approximate surface area is 165 Å². The van der Waals surface area contributed by atoms with Gasteiger partial charge >= 0.3 is 0 Å².